The van der Waals surface area contributed by atoms with Crippen molar-refractivity contribution < 1.29 is 9.53 Å². The van der Waals surface area contributed by atoms with Crippen LogP contribution >= 0.6 is 0 Å². The van der Waals surface area contributed by atoms with Gasteiger partial charge in [-0.25, -0.2) is 4.79 Å². The highest BCUT2D eigenvalue weighted by Gasteiger charge is 2.28. The smallest absolute Gasteiger partial charge is 0.417 e. The van der Waals surface area contributed by atoms with Crippen LogP contribution in [-0.2, 0) is 9.53 Å². The lowest BCUT2D eigenvalue weighted by Gasteiger charge is -2.31. The number of hydrogen-bond acceptors (Lipinski definition) is 2. The van der Waals surface area contributed by atoms with Gasteiger partial charge in [-0.2, -0.15) is 0 Å². The summed E-state index contributed by atoms with van der Waals surface area (Å²) in [6, 6.07) is 0. The van der Waals surface area contributed by atoms with Crippen LogP contribution in [0.5, 0.6) is 0 Å². The molecule has 0 aliphatic heterocycles. The van der Waals surface area contributed by atoms with Crippen molar-refractivity contribution in [2.24, 2.45) is 11.3 Å². The van der Waals surface area contributed by atoms with E-state index in [9.17, 15) is 4.79 Å². The fourth-order valence-corrected chi connectivity index (χ4v) is 1.36. The van der Waals surface area contributed by atoms with E-state index in [1.807, 2.05) is 13.8 Å². The zero-order chi connectivity index (χ0) is 9.07. The fourth-order valence-electron chi connectivity index (χ4n) is 1.36. The molecule has 0 amide bonds. The summed E-state index contributed by atoms with van der Waals surface area (Å²) < 4.78 is 4.86. The third-order valence-corrected chi connectivity index (χ3v) is 1.63. The molecule has 2 heteroatoms. The van der Waals surface area contributed by atoms with E-state index in [2.05, 4.69) is 20.8 Å². The number of rotatable bonds is 3. The van der Waals surface area contributed by atoms with E-state index in [-0.39, 0.29) is 11.5 Å². The minimum Gasteiger partial charge on any atom is -0.453 e. The monoisotopic (exact) mass is 157 g/mol. The van der Waals surface area contributed by atoms with Crippen molar-refractivity contribution in [3.63, 3.8) is 0 Å². The van der Waals surface area contributed by atoms with Crippen molar-refractivity contribution in [3.8, 4) is 0 Å². The van der Waals surface area contributed by atoms with Gasteiger partial charge in [-0.3, -0.25) is 0 Å². The van der Waals surface area contributed by atoms with E-state index < -0.39 is 0 Å². The molecule has 11 heavy (non-hydrogen) atoms. The zero-order valence-corrected chi connectivity index (χ0v) is 7.97. The van der Waals surface area contributed by atoms with Crippen LogP contribution in [0.25, 0.3) is 0 Å². The van der Waals surface area contributed by atoms with Gasteiger partial charge in [-0.05, 0) is 11.3 Å². The summed E-state index contributed by atoms with van der Waals surface area (Å²) in [5, 5.41) is 0. The number of carbonyl (C=O) groups excluding carboxylic acids is 1. The Bertz CT molecular complexity index is 122. The average Bonchev–Trinajstić information content (AvgIpc) is 1.79. The Morgan fingerprint density at radius 3 is 1.82 bits per heavy atom. The van der Waals surface area contributed by atoms with Crippen molar-refractivity contribution >= 4 is 6.47 Å². The summed E-state index contributed by atoms with van der Waals surface area (Å²) in [6.45, 7) is 11.7. The Morgan fingerprint density at radius 2 is 1.73 bits per heavy atom. The van der Waals surface area contributed by atoms with Crippen LogP contribution in [0.2, 0.25) is 0 Å². The predicted octanol–water partition coefficient (Wildman–Crippen LogP) is 2.14. The quantitative estimate of drug-likeness (QED) is 0.627. The molecular formula is C9H17O2. The lowest BCUT2D eigenvalue weighted by molar-refractivity contribution is 0.0335. The second-order valence-corrected chi connectivity index (χ2v) is 4.23. The summed E-state index contributed by atoms with van der Waals surface area (Å²) in [5.41, 5.74) is 0.00553. The first-order valence-electron chi connectivity index (χ1n) is 3.92. The van der Waals surface area contributed by atoms with Gasteiger partial charge in [-0.15, -0.1) is 0 Å². The van der Waals surface area contributed by atoms with Crippen molar-refractivity contribution in [2.75, 3.05) is 0 Å². The van der Waals surface area contributed by atoms with Gasteiger partial charge in [0.25, 0.3) is 0 Å². The van der Waals surface area contributed by atoms with E-state index in [0.29, 0.717) is 5.92 Å². The molecule has 65 valence electrons. The molecule has 0 saturated heterocycles. The number of hydrogen-bond donors (Lipinski definition) is 0. The molecule has 1 radical (unpaired) electrons. The molecule has 2 nitrogen and oxygen atoms in total. The van der Waals surface area contributed by atoms with Gasteiger partial charge in [0.2, 0.25) is 0 Å². The molecule has 0 aromatic heterocycles. The molecule has 0 fully saturated rings. The predicted molar refractivity (Wildman–Crippen MR) is 44.9 cm³/mol. The van der Waals surface area contributed by atoms with Crippen LogP contribution in [0.4, 0.5) is 0 Å². The van der Waals surface area contributed by atoms with Crippen LogP contribution < -0.4 is 0 Å². The highest BCUT2D eigenvalue weighted by Crippen LogP contribution is 2.27. The Morgan fingerprint density at radius 1 is 1.27 bits per heavy atom. The molecule has 0 aromatic carbocycles. The second-order valence-electron chi connectivity index (χ2n) is 4.23. The van der Waals surface area contributed by atoms with Gasteiger partial charge in [0, 0.05) is 0 Å². The Hall–Kier alpha value is -0.530. The van der Waals surface area contributed by atoms with Crippen molar-refractivity contribution in [1.29, 1.82) is 0 Å². The lowest BCUT2D eigenvalue weighted by atomic mass is 9.83. The Kier molecular flexibility index (Phi) is 3.56. The van der Waals surface area contributed by atoms with Gasteiger partial charge in [-0.1, -0.05) is 34.6 Å². The van der Waals surface area contributed by atoms with Crippen LogP contribution in [0.3, 0.4) is 0 Å². The molecule has 0 saturated carbocycles. The molecule has 0 aromatic rings. The van der Waals surface area contributed by atoms with E-state index in [0.717, 1.165) is 0 Å². The summed E-state index contributed by atoms with van der Waals surface area (Å²) in [5.74, 6) is 0.344. The maximum absolute atomic E-state index is 10.0. The Labute approximate surface area is 68.9 Å². The molecular weight excluding hydrogens is 140 g/mol. The van der Waals surface area contributed by atoms with Gasteiger partial charge < -0.3 is 4.74 Å². The van der Waals surface area contributed by atoms with Crippen LogP contribution in [-0.4, -0.2) is 12.6 Å². The van der Waals surface area contributed by atoms with Crippen LogP contribution in [0, 0.1) is 11.3 Å². The third kappa shape index (κ3) is 3.40. The van der Waals surface area contributed by atoms with Crippen molar-refractivity contribution in [3.05, 3.63) is 0 Å². The first-order valence-corrected chi connectivity index (χ1v) is 3.92. The van der Waals surface area contributed by atoms with E-state index in [1.54, 1.807) is 0 Å². The zero-order valence-electron chi connectivity index (χ0n) is 7.97. The van der Waals surface area contributed by atoms with Crippen LogP contribution in [0.1, 0.15) is 34.6 Å². The lowest BCUT2D eigenvalue weighted by Crippen LogP contribution is -2.33. The second kappa shape index (κ2) is 3.74. The summed E-state index contributed by atoms with van der Waals surface area (Å²) in [7, 11) is 0. The normalized spacial score (nSPS) is 14.7. The topological polar surface area (TPSA) is 26.3 Å². The molecule has 0 heterocycles. The molecule has 0 aliphatic carbocycles. The van der Waals surface area contributed by atoms with Gasteiger partial charge in [0.1, 0.15) is 6.10 Å². The van der Waals surface area contributed by atoms with Gasteiger partial charge in [0.15, 0.2) is 0 Å². The molecule has 0 aliphatic rings. The van der Waals surface area contributed by atoms with Crippen molar-refractivity contribution in [2.45, 2.75) is 40.7 Å². The third-order valence-electron chi connectivity index (χ3n) is 1.63. The van der Waals surface area contributed by atoms with Crippen LogP contribution in [0.15, 0.2) is 0 Å². The minimum atomic E-state index is -0.0417. The average molecular weight is 157 g/mol. The Balaban J connectivity index is 4.21. The van der Waals surface area contributed by atoms with E-state index in [1.165, 1.54) is 6.47 Å². The molecule has 0 spiro atoms. The molecule has 1 unspecified atom stereocenters. The standard InChI is InChI=1S/C9H17O2/c1-7(2)8(11-6-10)9(3,4)5/h7-8H,1-5H3. The molecule has 0 rings (SSSR count). The summed E-state index contributed by atoms with van der Waals surface area (Å²) in [4.78, 5) is 10.0. The summed E-state index contributed by atoms with van der Waals surface area (Å²) >= 11 is 0. The minimum absolute atomic E-state index is 0.00553. The SMILES string of the molecule is CC(C)C(O[C]=O)C(C)(C)C. The largest absolute Gasteiger partial charge is 0.453 e. The van der Waals surface area contributed by atoms with E-state index >= 15 is 0 Å². The highest BCUT2D eigenvalue weighted by molar-refractivity contribution is 5.38. The highest BCUT2D eigenvalue weighted by atomic mass is 16.5. The van der Waals surface area contributed by atoms with Gasteiger partial charge in [0.05, 0.1) is 0 Å². The summed E-state index contributed by atoms with van der Waals surface area (Å²) in [6.07, 6.45) is -0.0417. The maximum atomic E-state index is 10.0. The molecule has 0 N–H and O–H groups in total. The first-order chi connectivity index (χ1) is 4.89. The first kappa shape index (κ1) is 10.5. The fraction of sp³-hybridized carbons (Fsp3) is 0.889. The van der Waals surface area contributed by atoms with Crippen molar-refractivity contribution in [1.82, 2.24) is 0 Å². The molecule has 1 atom stereocenters. The number of ether oxygens (including phenoxy) is 1. The molecule has 0 bridgehead atoms. The van der Waals surface area contributed by atoms with Gasteiger partial charge >= 0.3 is 6.47 Å². The van der Waals surface area contributed by atoms with E-state index in [4.69, 9.17) is 4.74 Å². The maximum Gasteiger partial charge on any atom is 0.417 e.